The Labute approximate surface area is 251 Å². The molecule has 4 saturated carbocycles. The van der Waals surface area contributed by atoms with Gasteiger partial charge in [0, 0.05) is 5.57 Å². The number of esters is 1. The second-order valence-electron chi connectivity index (χ2n) is 16.3. The first-order chi connectivity index (χ1) is 19.4. The Hall–Kier alpha value is -1.54. The van der Waals surface area contributed by atoms with E-state index in [1.165, 1.54) is 5.57 Å². The highest BCUT2D eigenvalue weighted by Gasteiger charge is 2.73. The van der Waals surface area contributed by atoms with Gasteiger partial charge in [-0.3, -0.25) is 0 Å². The molecule has 0 radical (unpaired) electrons. The number of aldehydes is 1. The summed E-state index contributed by atoms with van der Waals surface area (Å²) in [5.74, 6) is -0.489. The normalized spacial score (nSPS) is 51.7. The quantitative estimate of drug-likeness (QED) is 0.162. The number of ether oxygens (including phenoxy) is 1. The predicted molar refractivity (Wildman–Crippen MR) is 160 cm³/mol. The van der Waals surface area contributed by atoms with E-state index in [9.17, 15) is 30.0 Å². The molecule has 5 aliphatic carbocycles. The fourth-order valence-electron chi connectivity index (χ4n) is 11.3. The maximum Gasteiger partial charge on any atom is 0.333 e. The summed E-state index contributed by atoms with van der Waals surface area (Å²) in [4.78, 5) is 25.5. The minimum atomic E-state index is -1.22. The van der Waals surface area contributed by atoms with Gasteiger partial charge in [-0.2, -0.15) is 0 Å². The van der Waals surface area contributed by atoms with E-state index in [0.717, 1.165) is 32.0 Å². The summed E-state index contributed by atoms with van der Waals surface area (Å²) in [6.07, 6.45) is 6.19. The Morgan fingerprint density at radius 1 is 1.00 bits per heavy atom. The molecule has 0 aromatic carbocycles. The van der Waals surface area contributed by atoms with Crippen molar-refractivity contribution in [1.29, 1.82) is 0 Å². The molecule has 0 aliphatic heterocycles. The highest BCUT2D eigenvalue weighted by molar-refractivity contribution is 5.87. The molecule has 0 bridgehead atoms. The molecule has 7 heteroatoms. The van der Waals surface area contributed by atoms with Crippen LogP contribution >= 0.6 is 0 Å². The van der Waals surface area contributed by atoms with Crippen molar-refractivity contribution in [1.82, 2.24) is 0 Å². The zero-order valence-electron chi connectivity index (χ0n) is 26.9. The van der Waals surface area contributed by atoms with Crippen LogP contribution in [0.1, 0.15) is 100 Å². The van der Waals surface area contributed by atoms with E-state index in [1.807, 2.05) is 20.8 Å². The second kappa shape index (κ2) is 9.98. The van der Waals surface area contributed by atoms with Crippen molar-refractivity contribution in [3.63, 3.8) is 0 Å². The fourth-order valence-corrected chi connectivity index (χ4v) is 11.3. The molecule has 5 aliphatic rings. The average Bonchev–Trinajstić information content (AvgIpc) is 2.93. The summed E-state index contributed by atoms with van der Waals surface area (Å²) in [5, 5.41) is 45.9. The van der Waals surface area contributed by atoms with Crippen LogP contribution in [0.5, 0.6) is 0 Å². The van der Waals surface area contributed by atoms with Crippen molar-refractivity contribution in [2.75, 3.05) is 6.61 Å². The van der Waals surface area contributed by atoms with Gasteiger partial charge in [0.15, 0.2) is 0 Å². The van der Waals surface area contributed by atoms with Gasteiger partial charge in [-0.1, -0.05) is 59.3 Å². The smallest absolute Gasteiger partial charge is 0.333 e. The molecule has 0 unspecified atom stereocenters. The number of aliphatic hydroxyl groups is 4. The Morgan fingerprint density at radius 3 is 2.26 bits per heavy atom. The summed E-state index contributed by atoms with van der Waals surface area (Å²) < 4.78 is 6.04. The molecular formula is C35H54O7. The third-order valence-electron chi connectivity index (χ3n) is 14.3. The van der Waals surface area contributed by atoms with Crippen molar-refractivity contribution in [3.05, 3.63) is 23.3 Å². The van der Waals surface area contributed by atoms with Gasteiger partial charge in [-0.15, -0.1) is 0 Å². The summed E-state index contributed by atoms with van der Waals surface area (Å²) in [6, 6.07) is 0. The fraction of sp³-hybridized carbons (Fsp3) is 0.829. The van der Waals surface area contributed by atoms with E-state index < -0.39 is 58.7 Å². The van der Waals surface area contributed by atoms with Gasteiger partial charge in [0.25, 0.3) is 0 Å². The molecule has 0 amide bonds. The molecule has 0 saturated heterocycles. The predicted octanol–water partition coefficient (Wildman–Crippen LogP) is 4.75. The van der Waals surface area contributed by atoms with E-state index >= 15 is 0 Å². The molecule has 7 nitrogen and oxygen atoms in total. The topological polar surface area (TPSA) is 124 Å². The van der Waals surface area contributed by atoms with Gasteiger partial charge in [-0.25, -0.2) is 4.79 Å². The third-order valence-corrected chi connectivity index (χ3v) is 14.3. The summed E-state index contributed by atoms with van der Waals surface area (Å²) in [5.41, 5.74) is -1.72. The van der Waals surface area contributed by atoms with E-state index in [4.69, 9.17) is 4.74 Å². The van der Waals surface area contributed by atoms with E-state index in [-0.39, 0.29) is 28.6 Å². The lowest BCUT2D eigenvalue weighted by molar-refractivity contribution is -0.261. The molecule has 4 N–H and O–H groups in total. The molecule has 0 aromatic rings. The number of carbonyl (C=O) groups excluding carboxylic acids is 2. The minimum Gasteiger partial charge on any atom is -0.455 e. The molecule has 4 fully saturated rings. The van der Waals surface area contributed by atoms with Gasteiger partial charge < -0.3 is 30.0 Å². The third kappa shape index (κ3) is 3.85. The molecule has 5 rings (SSSR count). The van der Waals surface area contributed by atoms with Crippen molar-refractivity contribution in [2.24, 2.45) is 50.2 Å². The Morgan fingerprint density at radius 2 is 1.67 bits per heavy atom. The van der Waals surface area contributed by atoms with Crippen LogP contribution in [0.25, 0.3) is 0 Å². The monoisotopic (exact) mass is 586 g/mol. The lowest BCUT2D eigenvalue weighted by Gasteiger charge is -2.72. The van der Waals surface area contributed by atoms with Crippen LogP contribution in [0.3, 0.4) is 0 Å². The van der Waals surface area contributed by atoms with E-state index in [2.05, 4.69) is 26.8 Å². The standard InChI is InChI=1S/C35H54O7/c1-9-20(2)29(41)42-28-27(40)30(3,4)16-22-21-10-11-24-31(5)14-13-25(38)32(6,18-36)23(31)12-15-33(24,7)34(21,8)17-26(39)35(22,28)19-37/h9-10,18,22-28,37-40H,11-17,19H2,1-8H3/b20-9-/t22-,23+,24+,25-,26+,27-,28-,31-,32-,33+,34+,35-/m0/s1. The van der Waals surface area contributed by atoms with Crippen molar-refractivity contribution < 1.29 is 34.8 Å². The maximum absolute atomic E-state index is 13.1. The van der Waals surface area contributed by atoms with Crippen molar-refractivity contribution in [2.45, 2.75) is 125 Å². The maximum atomic E-state index is 13.1. The van der Waals surface area contributed by atoms with Crippen LogP contribution in [0.15, 0.2) is 23.3 Å². The number of carbonyl (C=O) groups is 2. The largest absolute Gasteiger partial charge is 0.455 e. The Balaban J connectivity index is 1.63. The van der Waals surface area contributed by atoms with Crippen LogP contribution in [0.4, 0.5) is 0 Å². The number of aliphatic hydroxyl groups excluding tert-OH is 4. The van der Waals surface area contributed by atoms with E-state index in [1.54, 1.807) is 19.9 Å². The SMILES string of the molecule is C/C=C(/C)C(=O)O[C@H]1[C@H](O)C(C)(C)C[C@H]2C3=CC[C@@H]4[C@@]5(C)CC[C@H](O)[C@@](C)(C=O)[C@@H]5CC[C@@]4(C)[C@]3(C)C[C@@H](O)[C@]21CO. The molecule has 12 atom stereocenters. The van der Waals surface area contributed by atoms with Crippen LogP contribution in [0.2, 0.25) is 0 Å². The van der Waals surface area contributed by atoms with Crippen molar-refractivity contribution >= 4 is 12.3 Å². The number of allylic oxidation sites excluding steroid dienone is 3. The van der Waals surface area contributed by atoms with Crippen LogP contribution < -0.4 is 0 Å². The summed E-state index contributed by atoms with van der Waals surface area (Å²) in [6.45, 7) is 15.9. The van der Waals surface area contributed by atoms with Crippen molar-refractivity contribution in [3.8, 4) is 0 Å². The molecule has 0 heterocycles. The Bertz CT molecular complexity index is 1190. The lowest BCUT2D eigenvalue weighted by Crippen LogP contribution is -2.72. The number of rotatable bonds is 4. The van der Waals surface area contributed by atoms with Crippen LogP contribution in [-0.2, 0) is 14.3 Å². The molecule has 0 aromatic heterocycles. The Kier molecular flexibility index (Phi) is 7.58. The van der Waals surface area contributed by atoms with Gasteiger partial charge in [0.2, 0.25) is 0 Å². The minimum absolute atomic E-state index is 0.0790. The molecular weight excluding hydrogens is 532 g/mol. The molecule has 0 spiro atoms. The average molecular weight is 587 g/mol. The number of fused-ring (bicyclic) bond motifs is 7. The second-order valence-corrected chi connectivity index (χ2v) is 16.3. The van der Waals surface area contributed by atoms with Crippen LogP contribution in [0, 0.1) is 50.2 Å². The first-order valence-electron chi connectivity index (χ1n) is 16.1. The first kappa shape index (κ1) is 31.9. The molecule has 236 valence electrons. The number of hydrogen-bond acceptors (Lipinski definition) is 7. The summed E-state index contributed by atoms with van der Waals surface area (Å²) >= 11 is 0. The van der Waals surface area contributed by atoms with E-state index in [0.29, 0.717) is 24.8 Å². The van der Waals surface area contributed by atoms with Gasteiger partial charge in [0.05, 0.1) is 35.7 Å². The van der Waals surface area contributed by atoms with Gasteiger partial charge in [0.1, 0.15) is 12.4 Å². The van der Waals surface area contributed by atoms with Gasteiger partial charge in [-0.05, 0) is 98.2 Å². The first-order valence-corrected chi connectivity index (χ1v) is 16.1. The number of hydrogen-bond donors (Lipinski definition) is 4. The molecule has 42 heavy (non-hydrogen) atoms. The lowest BCUT2D eigenvalue weighted by atomic mass is 9.33. The van der Waals surface area contributed by atoms with Gasteiger partial charge >= 0.3 is 5.97 Å². The highest BCUT2D eigenvalue weighted by atomic mass is 16.6. The highest BCUT2D eigenvalue weighted by Crippen LogP contribution is 2.75. The summed E-state index contributed by atoms with van der Waals surface area (Å²) in [7, 11) is 0. The zero-order chi connectivity index (χ0) is 31.3. The van der Waals surface area contributed by atoms with Crippen LogP contribution in [-0.4, -0.2) is 63.7 Å². The zero-order valence-corrected chi connectivity index (χ0v) is 26.9.